The topological polar surface area (TPSA) is 71.4 Å². The summed E-state index contributed by atoms with van der Waals surface area (Å²) in [6.07, 6.45) is 0. The molecular formula is C7H12F2O4S. The monoisotopic (exact) mass is 230 g/mol. The summed E-state index contributed by atoms with van der Waals surface area (Å²) in [6, 6.07) is 0. The Morgan fingerprint density at radius 1 is 1.29 bits per heavy atom. The van der Waals surface area contributed by atoms with E-state index < -0.39 is 32.2 Å². The molecule has 4 nitrogen and oxygen atoms in total. The van der Waals surface area contributed by atoms with Gasteiger partial charge in [0.05, 0.1) is 5.25 Å². The first-order chi connectivity index (χ1) is 6.05. The van der Waals surface area contributed by atoms with Crippen molar-refractivity contribution in [2.45, 2.75) is 31.3 Å². The number of halogens is 2. The Kier molecular flexibility index (Phi) is 3.60. The van der Waals surface area contributed by atoms with Gasteiger partial charge >= 0.3 is 11.2 Å². The SMILES string of the molecule is CC(C)C(C)S(=O)(=O)C(F)(F)C(=O)O. The Morgan fingerprint density at radius 2 is 1.64 bits per heavy atom. The van der Waals surface area contributed by atoms with E-state index in [0.29, 0.717) is 0 Å². The van der Waals surface area contributed by atoms with Crippen LogP contribution in [0.15, 0.2) is 0 Å². The molecule has 1 unspecified atom stereocenters. The van der Waals surface area contributed by atoms with Gasteiger partial charge in [0.15, 0.2) is 0 Å². The minimum Gasteiger partial charge on any atom is -0.476 e. The highest BCUT2D eigenvalue weighted by molar-refractivity contribution is 7.93. The minimum absolute atomic E-state index is 0.565. The van der Waals surface area contributed by atoms with Gasteiger partial charge in [0.25, 0.3) is 0 Å². The van der Waals surface area contributed by atoms with Crippen molar-refractivity contribution < 1.29 is 27.1 Å². The standard InChI is InChI=1S/C7H12F2O4S/c1-4(2)5(3)14(12,13)7(8,9)6(10)11/h4-5H,1-3H3,(H,10,11). The lowest BCUT2D eigenvalue weighted by molar-refractivity contribution is -0.153. The number of carbonyl (C=O) groups is 1. The Hall–Kier alpha value is -0.720. The van der Waals surface area contributed by atoms with E-state index in [4.69, 9.17) is 5.11 Å². The third-order valence-corrected chi connectivity index (χ3v) is 4.45. The van der Waals surface area contributed by atoms with Crippen LogP contribution in [0.5, 0.6) is 0 Å². The number of carboxylic acids is 1. The predicted octanol–water partition coefficient (Wildman–Crippen LogP) is 1.12. The number of aliphatic carboxylic acids is 1. The molecule has 0 saturated carbocycles. The van der Waals surface area contributed by atoms with Crippen LogP contribution in [0.3, 0.4) is 0 Å². The molecule has 14 heavy (non-hydrogen) atoms. The van der Waals surface area contributed by atoms with Crippen LogP contribution >= 0.6 is 0 Å². The van der Waals surface area contributed by atoms with Crippen LogP contribution in [0.25, 0.3) is 0 Å². The van der Waals surface area contributed by atoms with E-state index in [1.54, 1.807) is 0 Å². The molecule has 0 bridgehead atoms. The molecule has 0 spiro atoms. The number of rotatable bonds is 4. The maximum atomic E-state index is 12.7. The van der Waals surface area contributed by atoms with E-state index in [2.05, 4.69) is 0 Å². The molecular weight excluding hydrogens is 218 g/mol. The van der Waals surface area contributed by atoms with Gasteiger partial charge in [-0.05, 0) is 12.8 Å². The highest BCUT2D eigenvalue weighted by Gasteiger charge is 2.55. The molecule has 84 valence electrons. The highest BCUT2D eigenvalue weighted by atomic mass is 32.2. The molecule has 0 fully saturated rings. The zero-order valence-corrected chi connectivity index (χ0v) is 8.81. The van der Waals surface area contributed by atoms with Gasteiger partial charge in [-0.3, -0.25) is 0 Å². The predicted molar refractivity (Wildman–Crippen MR) is 45.8 cm³/mol. The quantitative estimate of drug-likeness (QED) is 0.785. The van der Waals surface area contributed by atoms with Crippen LogP contribution in [0.4, 0.5) is 8.78 Å². The van der Waals surface area contributed by atoms with Crippen LogP contribution in [0.1, 0.15) is 20.8 Å². The Bertz CT molecular complexity index is 321. The van der Waals surface area contributed by atoms with Gasteiger partial charge in [0, 0.05) is 0 Å². The summed E-state index contributed by atoms with van der Waals surface area (Å²) in [4.78, 5) is 10.1. The van der Waals surface area contributed by atoms with Crippen molar-refractivity contribution in [3.05, 3.63) is 0 Å². The molecule has 0 heterocycles. The van der Waals surface area contributed by atoms with Gasteiger partial charge in [0.1, 0.15) is 0 Å². The van der Waals surface area contributed by atoms with Gasteiger partial charge in [-0.25, -0.2) is 13.2 Å². The van der Waals surface area contributed by atoms with Crippen molar-refractivity contribution in [1.82, 2.24) is 0 Å². The normalized spacial score (nSPS) is 15.6. The van der Waals surface area contributed by atoms with Crippen molar-refractivity contribution in [2.75, 3.05) is 0 Å². The van der Waals surface area contributed by atoms with Crippen LogP contribution in [-0.4, -0.2) is 30.0 Å². The Morgan fingerprint density at radius 3 is 1.86 bits per heavy atom. The average Bonchev–Trinajstić information content (AvgIpc) is 2.01. The molecule has 0 radical (unpaired) electrons. The van der Waals surface area contributed by atoms with Crippen LogP contribution in [0.2, 0.25) is 0 Å². The summed E-state index contributed by atoms with van der Waals surface area (Å²) in [6.45, 7) is 3.93. The second-order valence-electron chi connectivity index (χ2n) is 3.32. The first-order valence-electron chi connectivity index (χ1n) is 3.89. The number of alkyl halides is 2. The zero-order valence-electron chi connectivity index (χ0n) is 7.99. The molecule has 0 aromatic rings. The molecule has 7 heteroatoms. The smallest absolute Gasteiger partial charge is 0.439 e. The van der Waals surface area contributed by atoms with E-state index in [1.165, 1.54) is 13.8 Å². The third-order valence-electron chi connectivity index (χ3n) is 2.03. The van der Waals surface area contributed by atoms with Crippen molar-refractivity contribution in [1.29, 1.82) is 0 Å². The van der Waals surface area contributed by atoms with Crippen LogP contribution < -0.4 is 0 Å². The van der Waals surface area contributed by atoms with E-state index in [-0.39, 0.29) is 0 Å². The lowest BCUT2D eigenvalue weighted by Gasteiger charge is -2.20. The first-order valence-corrected chi connectivity index (χ1v) is 5.44. The number of carboxylic acid groups (broad SMARTS) is 1. The fourth-order valence-electron chi connectivity index (χ4n) is 0.713. The van der Waals surface area contributed by atoms with E-state index in [9.17, 15) is 22.0 Å². The number of sulfone groups is 1. The maximum Gasteiger partial charge on any atom is 0.439 e. The minimum atomic E-state index is -4.97. The first kappa shape index (κ1) is 13.3. The highest BCUT2D eigenvalue weighted by Crippen LogP contribution is 2.29. The lowest BCUT2D eigenvalue weighted by atomic mass is 10.2. The van der Waals surface area contributed by atoms with Gasteiger partial charge in [-0.1, -0.05) is 13.8 Å². The van der Waals surface area contributed by atoms with E-state index in [0.717, 1.165) is 6.92 Å². The Labute approximate surface area is 80.8 Å². The fraction of sp³-hybridized carbons (Fsp3) is 0.857. The average molecular weight is 230 g/mol. The molecule has 1 atom stereocenters. The lowest BCUT2D eigenvalue weighted by Crippen LogP contribution is -2.44. The summed E-state index contributed by atoms with van der Waals surface area (Å²) in [7, 11) is -4.97. The molecule has 0 aromatic heterocycles. The van der Waals surface area contributed by atoms with Crippen LogP contribution in [-0.2, 0) is 14.6 Å². The molecule has 0 aromatic carbocycles. The van der Waals surface area contributed by atoms with Crippen molar-refractivity contribution in [3.8, 4) is 0 Å². The van der Waals surface area contributed by atoms with Gasteiger partial charge in [0.2, 0.25) is 9.84 Å². The maximum absolute atomic E-state index is 12.7. The van der Waals surface area contributed by atoms with Crippen molar-refractivity contribution in [2.24, 2.45) is 5.92 Å². The zero-order chi connectivity index (χ0) is 11.7. The summed E-state index contributed by atoms with van der Waals surface area (Å²) < 4.78 is 47.7. The van der Waals surface area contributed by atoms with E-state index in [1.807, 2.05) is 0 Å². The second kappa shape index (κ2) is 3.80. The largest absolute Gasteiger partial charge is 0.476 e. The molecule has 0 saturated heterocycles. The molecule has 0 rings (SSSR count). The molecule has 1 N–H and O–H groups in total. The molecule has 0 aliphatic heterocycles. The molecule has 0 aliphatic rings. The van der Waals surface area contributed by atoms with E-state index >= 15 is 0 Å². The summed E-state index contributed by atoms with van der Waals surface area (Å²) in [5.74, 6) is -3.20. The summed E-state index contributed by atoms with van der Waals surface area (Å²) >= 11 is 0. The molecule has 0 aliphatic carbocycles. The van der Waals surface area contributed by atoms with Gasteiger partial charge in [-0.15, -0.1) is 0 Å². The number of hydrogen-bond donors (Lipinski definition) is 1. The number of hydrogen-bond acceptors (Lipinski definition) is 3. The second-order valence-corrected chi connectivity index (χ2v) is 5.66. The van der Waals surface area contributed by atoms with Gasteiger partial charge in [-0.2, -0.15) is 8.78 Å². The van der Waals surface area contributed by atoms with Crippen molar-refractivity contribution >= 4 is 15.8 Å². The summed E-state index contributed by atoms with van der Waals surface area (Å²) in [5.41, 5.74) is 0. The molecule has 0 amide bonds. The van der Waals surface area contributed by atoms with Crippen molar-refractivity contribution in [3.63, 3.8) is 0 Å². The fourth-order valence-corrected chi connectivity index (χ4v) is 2.14. The Balaban J connectivity index is 5.27. The van der Waals surface area contributed by atoms with Crippen LogP contribution in [0, 0.1) is 5.92 Å². The van der Waals surface area contributed by atoms with Gasteiger partial charge < -0.3 is 5.11 Å². The summed E-state index contributed by atoms with van der Waals surface area (Å²) in [5, 5.41) is 1.97. The third kappa shape index (κ3) is 2.02.